The van der Waals surface area contributed by atoms with Crippen LogP contribution in [0.4, 0.5) is 4.79 Å². The predicted molar refractivity (Wildman–Crippen MR) is 76.7 cm³/mol. The molecule has 0 fully saturated rings. The average Bonchev–Trinajstić information content (AvgIpc) is 2.33. The molecule has 112 valence electrons. The van der Waals surface area contributed by atoms with Crippen molar-refractivity contribution in [3.05, 3.63) is 23.4 Å². The maximum atomic E-state index is 11.5. The predicted octanol–water partition coefficient (Wildman–Crippen LogP) is 1.92. The van der Waals surface area contributed by atoms with Crippen molar-refractivity contribution in [2.75, 3.05) is 13.7 Å². The molecule has 20 heavy (non-hydrogen) atoms. The van der Waals surface area contributed by atoms with Crippen molar-refractivity contribution in [3.63, 3.8) is 0 Å². The maximum Gasteiger partial charge on any atom is 0.407 e. The van der Waals surface area contributed by atoms with Crippen LogP contribution in [-0.2, 0) is 4.74 Å². The fourth-order valence-electron chi connectivity index (χ4n) is 1.63. The molecule has 1 aromatic heterocycles. The van der Waals surface area contributed by atoms with Crippen molar-refractivity contribution in [1.82, 2.24) is 10.3 Å². The number of nitrogens with two attached hydrogens (primary N) is 1. The lowest BCUT2D eigenvalue weighted by Crippen LogP contribution is -2.36. The number of amides is 1. The van der Waals surface area contributed by atoms with Crippen LogP contribution >= 0.6 is 0 Å². The molecular weight excluding hydrogens is 258 g/mol. The first kappa shape index (κ1) is 16.2. The summed E-state index contributed by atoms with van der Waals surface area (Å²) in [6.07, 6.45) is 1.17. The third-order valence-corrected chi connectivity index (χ3v) is 2.54. The molecule has 0 radical (unpaired) electrons. The first-order valence-electron chi connectivity index (χ1n) is 6.46. The third kappa shape index (κ3) is 5.05. The number of methoxy groups -OCH3 is 1. The monoisotopic (exact) mass is 281 g/mol. The molecule has 0 aromatic carbocycles. The highest BCUT2D eigenvalue weighted by Gasteiger charge is 2.17. The zero-order chi connectivity index (χ0) is 15.3. The SMILES string of the molecule is COc1ncc(C(N)CNC(=O)OC(C)(C)C)cc1C. The second kappa shape index (κ2) is 6.56. The smallest absolute Gasteiger partial charge is 0.407 e. The van der Waals surface area contributed by atoms with Gasteiger partial charge in [-0.15, -0.1) is 0 Å². The number of aromatic nitrogens is 1. The Labute approximate surface area is 119 Å². The Morgan fingerprint density at radius 3 is 2.65 bits per heavy atom. The van der Waals surface area contributed by atoms with Crippen LogP contribution in [0.15, 0.2) is 12.3 Å². The highest BCUT2D eigenvalue weighted by atomic mass is 16.6. The average molecular weight is 281 g/mol. The molecule has 6 nitrogen and oxygen atoms in total. The van der Waals surface area contributed by atoms with Gasteiger partial charge >= 0.3 is 6.09 Å². The van der Waals surface area contributed by atoms with Crippen LogP contribution in [0.3, 0.4) is 0 Å². The third-order valence-electron chi connectivity index (χ3n) is 2.54. The minimum absolute atomic E-state index is 0.280. The van der Waals surface area contributed by atoms with Gasteiger partial charge in [-0.2, -0.15) is 0 Å². The van der Waals surface area contributed by atoms with E-state index in [4.69, 9.17) is 15.2 Å². The van der Waals surface area contributed by atoms with E-state index in [1.54, 1.807) is 13.3 Å². The molecule has 0 aliphatic rings. The highest BCUT2D eigenvalue weighted by molar-refractivity contribution is 5.67. The summed E-state index contributed by atoms with van der Waals surface area (Å²) >= 11 is 0. The summed E-state index contributed by atoms with van der Waals surface area (Å²) in [4.78, 5) is 15.7. The summed E-state index contributed by atoms with van der Waals surface area (Å²) in [6, 6.07) is 1.55. The van der Waals surface area contributed by atoms with Gasteiger partial charge in [0.05, 0.1) is 7.11 Å². The lowest BCUT2D eigenvalue weighted by Gasteiger charge is -2.21. The highest BCUT2D eigenvalue weighted by Crippen LogP contribution is 2.18. The molecule has 1 rings (SSSR count). The van der Waals surface area contributed by atoms with Gasteiger partial charge in [-0.3, -0.25) is 0 Å². The number of hydrogen-bond donors (Lipinski definition) is 2. The largest absolute Gasteiger partial charge is 0.481 e. The molecule has 1 amide bonds. The number of nitrogens with one attached hydrogen (secondary N) is 1. The zero-order valence-corrected chi connectivity index (χ0v) is 12.7. The quantitative estimate of drug-likeness (QED) is 0.880. The summed E-state index contributed by atoms with van der Waals surface area (Å²) in [6.45, 7) is 7.60. The van der Waals surface area contributed by atoms with Gasteiger partial charge in [0, 0.05) is 24.3 Å². The Balaban J connectivity index is 2.57. The van der Waals surface area contributed by atoms with E-state index < -0.39 is 11.7 Å². The first-order valence-corrected chi connectivity index (χ1v) is 6.46. The topological polar surface area (TPSA) is 86.5 Å². The van der Waals surface area contributed by atoms with Gasteiger partial charge in [0.25, 0.3) is 0 Å². The Morgan fingerprint density at radius 1 is 1.50 bits per heavy atom. The van der Waals surface area contributed by atoms with Crippen LogP contribution in [0.1, 0.15) is 37.9 Å². The lowest BCUT2D eigenvalue weighted by molar-refractivity contribution is 0.0524. The molecule has 0 aliphatic carbocycles. The van der Waals surface area contributed by atoms with E-state index in [-0.39, 0.29) is 12.6 Å². The summed E-state index contributed by atoms with van der Waals surface area (Å²) in [7, 11) is 1.57. The number of nitrogens with zero attached hydrogens (tertiary/aromatic N) is 1. The molecule has 1 heterocycles. The van der Waals surface area contributed by atoms with Gasteiger partial charge in [-0.05, 0) is 39.3 Å². The van der Waals surface area contributed by atoms with Crippen LogP contribution < -0.4 is 15.8 Å². The summed E-state index contributed by atoms with van der Waals surface area (Å²) in [5.74, 6) is 0.570. The molecule has 1 atom stereocenters. The lowest BCUT2D eigenvalue weighted by atomic mass is 10.1. The van der Waals surface area contributed by atoms with E-state index in [2.05, 4.69) is 10.3 Å². The molecule has 1 aromatic rings. The van der Waals surface area contributed by atoms with Crippen LogP contribution in [0.25, 0.3) is 0 Å². The molecule has 3 N–H and O–H groups in total. The molecule has 0 saturated heterocycles. The molecular formula is C14H23N3O3. The Bertz CT molecular complexity index is 469. The molecule has 6 heteroatoms. The van der Waals surface area contributed by atoms with Crippen LogP contribution in [-0.4, -0.2) is 30.3 Å². The van der Waals surface area contributed by atoms with Crippen molar-refractivity contribution in [3.8, 4) is 5.88 Å². The van der Waals surface area contributed by atoms with Crippen LogP contribution in [0.2, 0.25) is 0 Å². The number of alkyl carbamates (subject to hydrolysis) is 1. The van der Waals surface area contributed by atoms with Crippen LogP contribution in [0, 0.1) is 6.92 Å². The van der Waals surface area contributed by atoms with Gasteiger partial charge in [-0.1, -0.05) is 0 Å². The van der Waals surface area contributed by atoms with E-state index in [9.17, 15) is 4.79 Å². The van der Waals surface area contributed by atoms with E-state index >= 15 is 0 Å². The van der Waals surface area contributed by atoms with E-state index in [1.165, 1.54) is 0 Å². The van der Waals surface area contributed by atoms with Gasteiger partial charge in [0.1, 0.15) is 5.60 Å². The number of hydrogen-bond acceptors (Lipinski definition) is 5. The number of pyridine rings is 1. The van der Waals surface area contributed by atoms with Crippen molar-refractivity contribution in [1.29, 1.82) is 0 Å². The van der Waals surface area contributed by atoms with E-state index in [0.717, 1.165) is 11.1 Å². The van der Waals surface area contributed by atoms with Gasteiger partial charge in [0.2, 0.25) is 5.88 Å². The van der Waals surface area contributed by atoms with Crippen molar-refractivity contribution in [2.24, 2.45) is 5.73 Å². The Hall–Kier alpha value is -1.82. The Morgan fingerprint density at radius 2 is 2.15 bits per heavy atom. The minimum atomic E-state index is -0.521. The first-order chi connectivity index (χ1) is 9.23. The second-order valence-corrected chi connectivity index (χ2v) is 5.58. The van der Waals surface area contributed by atoms with Gasteiger partial charge in [-0.25, -0.2) is 9.78 Å². The van der Waals surface area contributed by atoms with Crippen molar-refractivity contribution < 1.29 is 14.3 Å². The fraction of sp³-hybridized carbons (Fsp3) is 0.571. The molecule has 0 saturated carbocycles. The maximum absolute atomic E-state index is 11.5. The normalized spacial score (nSPS) is 12.7. The molecule has 1 unspecified atom stereocenters. The van der Waals surface area contributed by atoms with Crippen molar-refractivity contribution in [2.45, 2.75) is 39.3 Å². The summed E-state index contributed by atoms with van der Waals surface area (Å²) in [5.41, 5.74) is 7.23. The Kier molecular flexibility index (Phi) is 5.33. The number of aryl methyl sites for hydroxylation is 1. The van der Waals surface area contributed by atoms with Crippen molar-refractivity contribution >= 4 is 6.09 Å². The zero-order valence-electron chi connectivity index (χ0n) is 12.7. The number of ether oxygens (including phenoxy) is 2. The summed E-state index contributed by atoms with van der Waals surface area (Å²) in [5, 5.41) is 2.64. The van der Waals surface area contributed by atoms with E-state index in [1.807, 2.05) is 33.8 Å². The van der Waals surface area contributed by atoms with Gasteiger partial charge in [0.15, 0.2) is 0 Å². The summed E-state index contributed by atoms with van der Waals surface area (Å²) < 4.78 is 10.2. The second-order valence-electron chi connectivity index (χ2n) is 5.58. The van der Waals surface area contributed by atoms with Gasteiger partial charge < -0.3 is 20.5 Å². The fourth-order valence-corrected chi connectivity index (χ4v) is 1.63. The van der Waals surface area contributed by atoms with Crippen LogP contribution in [0.5, 0.6) is 5.88 Å². The molecule has 0 aliphatic heterocycles. The molecule has 0 bridgehead atoms. The van der Waals surface area contributed by atoms with E-state index in [0.29, 0.717) is 5.88 Å². The standard InChI is InChI=1S/C14H23N3O3/c1-9-6-10(7-16-12(9)19-5)11(15)8-17-13(18)20-14(2,3)4/h6-7,11H,8,15H2,1-5H3,(H,17,18). The number of carbonyl (C=O) groups is 1. The molecule has 0 spiro atoms. The number of rotatable bonds is 4. The number of carbonyl (C=O) groups excluding carboxylic acids is 1. The minimum Gasteiger partial charge on any atom is -0.481 e.